The van der Waals surface area contributed by atoms with Gasteiger partial charge >= 0.3 is 5.97 Å². The molecule has 0 aliphatic rings. The molecule has 2 aromatic rings. The zero-order chi connectivity index (χ0) is 14.9. The third-order valence-electron chi connectivity index (χ3n) is 2.95. The van der Waals surface area contributed by atoms with Crippen LogP contribution in [0.25, 0.3) is 11.3 Å². The first-order chi connectivity index (χ1) is 9.45. The van der Waals surface area contributed by atoms with Crippen molar-refractivity contribution in [2.24, 2.45) is 0 Å². The highest BCUT2D eigenvalue weighted by Crippen LogP contribution is 2.31. The van der Waals surface area contributed by atoms with Crippen LogP contribution in [0, 0.1) is 10.1 Å². The first-order valence-corrected chi connectivity index (χ1v) is 6.20. The van der Waals surface area contributed by atoms with E-state index >= 15 is 0 Å². The summed E-state index contributed by atoms with van der Waals surface area (Å²) in [5.41, 5.74) is 1.09. The van der Waals surface area contributed by atoms with Gasteiger partial charge in [-0.2, -0.15) is 0 Å². The average molecular weight is 295 g/mol. The smallest absolute Gasteiger partial charge is 0.352 e. The van der Waals surface area contributed by atoms with E-state index in [9.17, 15) is 14.9 Å². The number of nitrogens with zero attached hydrogens (tertiary/aromatic N) is 2. The molecule has 0 radical (unpaired) electrons. The van der Waals surface area contributed by atoms with E-state index in [1.54, 1.807) is 23.6 Å². The van der Waals surface area contributed by atoms with Crippen LogP contribution in [0.5, 0.6) is 0 Å². The van der Waals surface area contributed by atoms with Gasteiger partial charge in [-0.15, -0.1) is 0 Å². The highest BCUT2D eigenvalue weighted by molar-refractivity contribution is 6.32. The summed E-state index contributed by atoms with van der Waals surface area (Å²) in [6.45, 7) is 2.25. The molecule has 7 heteroatoms. The van der Waals surface area contributed by atoms with Crippen LogP contribution in [-0.2, 0) is 6.54 Å². The molecule has 20 heavy (non-hydrogen) atoms. The normalized spacial score (nSPS) is 10.5. The maximum atomic E-state index is 11.1. The minimum atomic E-state index is -1.04. The molecule has 0 saturated heterocycles. The molecule has 0 bridgehead atoms. The van der Waals surface area contributed by atoms with Crippen molar-refractivity contribution in [1.29, 1.82) is 0 Å². The van der Waals surface area contributed by atoms with Crippen LogP contribution in [0.3, 0.4) is 0 Å². The molecule has 0 aliphatic heterocycles. The number of hydrogen-bond donors (Lipinski definition) is 1. The lowest BCUT2D eigenvalue weighted by Gasteiger charge is -2.09. The van der Waals surface area contributed by atoms with Crippen LogP contribution in [0.4, 0.5) is 5.69 Å². The number of aromatic nitrogens is 1. The van der Waals surface area contributed by atoms with Crippen LogP contribution in [0.2, 0.25) is 5.02 Å². The van der Waals surface area contributed by atoms with E-state index in [2.05, 4.69) is 0 Å². The van der Waals surface area contributed by atoms with Crippen molar-refractivity contribution in [2.45, 2.75) is 13.5 Å². The number of carboxylic acid groups (broad SMARTS) is 1. The lowest BCUT2D eigenvalue weighted by atomic mass is 10.1. The van der Waals surface area contributed by atoms with Crippen LogP contribution < -0.4 is 0 Å². The number of nitro benzene ring substituents is 1. The molecule has 0 fully saturated rings. The molecule has 0 atom stereocenters. The monoisotopic (exact) mass is 294 g/mol. The van der Waals surface area contributed by atoms with E-state index in [0.29, 0.717) is 17.8 Å². The second-order valence-electron chi connectivity index (χ2n) is 4.08. The molecule has 1 N–H and O–H groups in total. The van der Waals surface area contributed by atoms with E-state index in [1.165, 1.54) is 18.2 Å². The Labute approximate surface area is 119 Å². The highest BCUT2D eigenvalue weighted by atomic mass is 35.5. The fraction of sp³-hybridized carbons (Fsp3) is 0.154. The maximum Gasteiger partial charge on any atom is 0.352 e. The summed E-state index contributed by atoms with van der Waals surface area (Å²) in [5, 5.41) is 20.0. The molecule has 1 aromatic carbocycles. The molecule has 0 aliphatic carbocycles. The molecule has 1 aromatic heterocycles. The molecule has 0 spiro atoms. The standard InChI is InChI=1S/C13H11ClN2O4/c1-2-15-10(5-6-11(15)13(17)18)8-3-4-9(14)12(7-8)16(19)20/h3-7H,2H2,1H3,(H,17,18). The number of rotatable bonds is 4. The topological polar surface area (TPSA) is 85.4 Å². The molecular weight excluding hydrogens is 284 g/mol. The van der Waals surface area contributed by atoms with Crippen molar-refractivity contribution in [2.75, 3.05) is 0 Å². The predicted molar refractivity (Wildman–Crippen MR) is 74.2 cm³/mol. The minimum Gasteiger partial charge on any atom is -0.477 e. The van der Waals surface area contributed by atoms with Gasteiger partial charge < -0.3 is 9.67 Å². The van der Waals surface area contributed by atoms with Crippen molar-refractivity contribution in [3.63, 3.8) is 0 Å². The summed E-state index contributed by atoms with van der Waals surface area (Å²) in [6, 6.07) is 7.50. The number of hydrogen-bond acceptors (Lipinski definition) is 3. The van der Waals surface area contributed by atoms with Crippen molar-refractivity contribution in [1.82, 2.24) is 4.57 Å². The van der Waals surface area contributed by atoms with Gasteiger partial charge in [-0.25, -0.2) is 4.79 Å². The van der Waals surface area contributed by atoms with E-state index in [0.717, 1.165) is 0 Å². The van der Waals surface area contributed by atoms with Gasteiger partial charge in [0.2, 0.25) is 0 Å². The lowest BCUT2D eigenvalue weighted by Crippen LogP contribution is -2.08. The maximum absolute atomic E-state index is 11.1. The van der Waals surface area contributed by atoms with Crippen LogP contribution in [-0.4, -0.2) is 20.6 Å². The molecule has 0 saturated carbocycles. The van der Waals surface area contributed by atoms with Crippen molar-refractivity contribution in [3.8, 4) is 11.3 Å². The lowest BCUT2D eigenvalue weighted by molar-refractivity contribution is -0.384. The third-order valence-corrected chi connectivity index (χ3v) is 3.27. The van der Waals surface area contributed by atoms with E-state index < -0.39 is 10.9 Å². The summed E-state index contributed by atoms with van der Waals surface area (Å²) in [5.74, 6) is -1.04. The summed E-state index contributed by atoms with van der Waals surface area (Å²) in [6.07, 6.45) is 0. The van der Waals surface area contributed by atoms with E-state index in [1.807, 2.05) is 0 Å². The van der Waals surface area contributed by atoms with Crippen molar-refractivity contribution >= 4 is 23.3 Å². The Bertz CT molecular complexity index is 694. The second kappa shape index (κ2) is 5.34. The fourth-order valence-corrected chi connectivity index (χ4v) is 2.25. The van der Waals surface area contributed by atoms with Crippen LogP contribution in [0.1, 0.15) is 17.4 Å². The van der Waals surface area contributed by atoms with Gasteiger partial charge in [0.25, 0.3) is 5.69 Å². The van der Waals surface area contributed by atoms with Gasteiger partial charge in [-0.3, -0.25) is 10.1 Å². The Morgan fingerprint density at radius 1 is 1.40 bits per heavy atom. The van der Waals surface area contributed by atoms with Crippen LogP contribution >= 0.6 is 11.6 Å². The summed E-state index contributed by atoms with van der Waals surface area (Å²) >= 11 is 5.77. The Kier molecular flexibility index (Phi) is 3.76. The van der Waals surface area contributed by atoms with Gasteiger partial charge in [0.15, 0.2) is 0 Å². The summed E-state index contributed by atoms with van der Waals surface area (Å²) in [7, 11) is 0. The summed E-state index contributed by atoms with van der Waals surface area (Å²) < 4.78 is 1.58. The van der Waals surface area contributed by atoms with Crippen LogP contribution in [0.15, 0.2) is 30.3 Å². The Morgan fingerprint density at radius 3 is 2.65 bits per heavy atom. The van der Waals surface area contributed by atoms with Gasteiger partial charge in [-0.1, -0.05) is 17.7 Å². The Balaban J connectivity index is 2.60. The highest BCUT2D eigenvalue weighted by Gasteiger charge is 2.18. The Morgan fingerprint density at radius 2 is 2.10 bits per heavy atom. The number of carbonyl (C=O) groups is 1. The second-order valence-corrected chi connectivity index (χ2v) is 4.48. The predicted octanol–water partition coefficient (Wildman–Crippen LogP) is 3.43. The van der Waals surface area contributed by atoms with Crippen molar-refractivity contribution in [3.05, 3.63) is 51.2 Å². The molecule has 0 unspecified atom stereocenters. The SMILES string of the molecule is CCn1c(C(=O)O)ccc1-c1ccc(Cl)c([N+](=O)[O-])c1. The molecule has 6 nitrogen and oxygen atoms in total. The number of halogens is 1. The van der Waals surface area contributed by atoms with E-state index in [4.69, 9.17) is 16.7 Å². The number of nitro groups is 1. The van der Waals surface area contributed by atoms with Gasteiger partial charge in [-0.05, 0) is 25.1 Å². The van der Waals surface area contributed by atoms with Gasteiger partial charge in [0.05, 0.1) is 4.92 Å². The molecule has 1 heterocycles. The quantitative estimate of drug-likeness (QED) is 0.691. The molecular formula is C13H11ClN2O4. The zero-order valence-corrected chi connectivity index (χ0v) is 11.3. The molecule has 0 amide bonds. The zero-order valence-electron chi connectivity index (χ0n) is 10.5. The fourth-order valence-electron chi connectivity index (χ4n) is 2.06. The Hall–Kier alpha value is -2.34. The van der Waals surface area contributed by atoms with Crippen molar-refractivity contribution < 1.29 is 14.8 Å². The molecule has 104 valence electrons. The average Bonchev–Trinajstić information content (AvgIpc) is 2.82. The van der Waals surface area contributed by atoms with E-state index in [-0.39, 0.29) is 16.4 Å². The number of aromatic carboxylic acids is 1. The first-order valence-electron chi connectivity index (χ1n) is 5.82. The first kappa shape index (κ1) is 14.1. The largest absolute Gasteiger partial charge is 0.477 e. The summed E-state index contributed by atoms with van der Waals surface area (Å²) in [4.78, 5) is 21.4. The number of carboxylic acids is 1. The molecule has 2 rings (SSSR count). The third kappa shape index (κ3) is 2.37. The minimum absolute atomic E-state index is 0.0480. The number of benzene rings is 1. The van der Waals surface area contributed by atoms with Gasteiger partial charge in [0.1, 0.15) is 10.7 Å². The van der Waals surface area contributed by atoms with Gasteiger partial charge in [0, 0.05) is 23.9 Å².